The molecule has 2 aliphatic heterocycles. The second kappa shape index (κ2) is 16.2. The molecule has 2 saturated heterocycles. The number of nitrogens with one attached hydrogen (secondary N) is 4. The first-order valence-corrected chi connectivity index (χ1v) is 21.8. The maximum atomic E-state index is 14.3. The molecule has 2 bridgehead atoms. The molecule has 4 amide bonds. The lowest BCUT2D eigenvalue weighted by Gasteiger charge is -2.37. The molecular formula is C46H56N8O7. The van der Waals surface area contributed by atoms with Gasteiger partial charge in [-0.1, -0.05) is 52.7 Å². The zero-order valence-electron chi connectivity index (χ0n) is 35.7. The van der Waals surface area contributed by atoms with Crippen LogP contribution in [0.3, 0.4) is 0 Å². The number of methoxy groups -OCH3 is 2. The van der Waals surface area contributed by atoms with Crippen molar-refractivity contribution in [1.29, 1.82) is 0 Å². The summed E-state index contributed by atoms with van der Waals surface area (Å²) in [5.41, 5.74) is 5.19. The standard InChI is InChI=1S/C46H56N8O7/c1-23(2)38(51-45(57)59-5)43(55)53-30-14-11-28(18-30)40(53)42-48-31-15-12-26(19-32(31)49-42)25-13-16-36-29(17-25)21-37(61-36)33-22-47-41(50-33)35-20-27-9-7-8-10-34(27)54(35)44(56)39(24(3)4)52-46(58)60-6/h12-13,15-17,19,21-24,27-28,30,34-35,38-40H,7-11,14,18,20H2,1-6H3,(H,47,50)(H,48,49)(H,51,57)(H,52,58)/t27?,28?,30?,34?,35-,38-,39-,40-/m0/s1. The van der Waals surface area contributed by atoms with Crippen LogP contribution in [-0.2, 0) is 19.1 Å². The number of H-pyrrole nitrogens is 2. The lowest BCUT2D eigenvalue weighted by atomic mass is 9.84. The SMILES string of the molecule is COC(=O)N[C@H](C(=O)N1C2CCC(C2)[C@H]1c1nc2ccc(-c3ccc4oc(-c5cnc([C@@H]6CC7CCCCC7N6C(=O)[C@@H](NC(=O)OC)C(C)C)[nH]5)cc4c3)cc2[nH]1)C(C)C. The number of carbonyl (C=O) groups is 4. The van der Waals surface area contributed by atoms with E-state index < -0.39 is 24.3 Å². The van der Waals surface area contributed by atoms with E-state index in [1.807, 2.05) is 61.8 Å². The fraction of sp³-hybridized carbons (Fsp3) is 0.522. The van der Waals surface area contributed by atoms with Crippen molar-refractivity contribution in [1.82, 2.24) is 40.4 Å². The van der Waals surface area contributed by atoms with Gasteiger partial charge in [-0.3, -0.25) is 9.59 Å². The van der Waals surface area contributed by atoms with E-state index in [2.05, 4.69) is 38.8 Å². The molecule has 8 atom stereocenters. The summed E-state index contributed by atoms with van der Waals surface area (Å²) >= 11 is 0. The Morgan fingerprint density at radius 2 is 1.46 bits per heavy atom. The lowest BCUT2D eigenvalue weighted by molar-refractivity contribution is -0.139. The van der Waals surface area contributed by atoms with Gasteiger partial charge in [0.25, 0.3) is 0 Å². The van der Waals surface area contributed by atoms with Crippen molar-refractivity contribution >= 4 is 46.0 Å². The number of benzene rings is 2. The van der Waals surface area contributed by atoms with Gasteiger partial charge in [0.2, 0.25) is 11.8 Å². The number of ether oxygens (including phenoxy) is 2. The predicted octanol–water partition coefficient (Wildman–Crippen LogP) is 8.01. The molecule has 15 heteroatoms. The van der Waals surface area contributed by atoms with Crippen LogP contribution < -0.4 is 10.6 Å². The minimum absolute atomic E-state index is 0.0914. The first-order chi connectivity index (χ1) is 29.4. The third kappa shape index (κ3) is 7.39. The van der Waals surface area contributed by atoms with Crippen molar-refractivity contribution < 1.29 is 33.1 Å². The minimum atomic E-state index is -0.713. The summed E-state index contributed by atoms with van der Waals surface area (Å²) in [7, 11) is 2.61. The summed E-state index contributed by atoms with van der Waals surface area (Å²) in [6.45, 7) is 7.72. The molecule has 2 saturated carbocycles. The molecule has 4 unspecified atom stereocenters. The number of fused-ring (bicyclic) bond motifs is 5. The van der Waals surface area contributed by atoms with Crippen molar-refractivity contribution in [3.63, 3.8) is 0 Å². The van der Waals surface area contributed by atoms with Crippen molar-refractivity contribution in [2.75, 3.05) is 14.2 Å². The van der Waals surface area contributed by atoms with Gasteiger partial charge in [-0.15, -0.1) is 0 Å². The Hall–Kier alpha value is -5.86. The molecule has 2 aliphatic carbocycles. The zero-order chi connectivity index (χ0) is 42.7. The molecule has 15 nitrogen and oxygen atoms in total. The van der Waals surface area contributed by atoms with Crippen LogP contribution in [0.2, 0.25) is 0 Å². The second-order valence-electron chi connectivity index (χ2n) is 18.1. The molecule has 61 heavy (non-hydrogen) atoms. The maximum Gasteiger partial charge on any atom is 0.407 e. The lowest BCUT2D eigenvalue weighted by Crippen LogP contribution is -2.54. The molecule has 9 rings (SSSR count). The smallest absolute Gasteiger partial charge is 0.407 e. The van der Waals surface area contributed by atoms with Gasteiger partial charge in [0, 0.05) is 17.5 Å². The van der Waals surface area contributed by atoms with E-state index in [1.54, 1.807) is 6.20 Å². The average molecular weight is 833 g/mol. The number of hydrogen-bond donors (Lipinski definition) is 4. The molecule has 322 valence electrons. The average Bonchev–Trinajstić information content (AvgIpc) is 4.12. The highest BCUT2D eigenvalue weighted by molar-refractivity contribution is 5.90. The Bertz CT molecular complexity index is 2470. The quantitative estimate of drug-likeness (QED) is 0.108. The van der Waals surface area contributed by atoms with Crippen LogP contribution in [-0.4, -0.2) is 92.1 Å². The van der Waals surface area contributed by atoms with Gasteiger partial charge in [-0.25, -0.2) is 19.6 Å². The Morgan fingerprint density at radius 3 is 2.18 bits per heavy atom. The summed E-state index contributed by atoms with van der Waals surface area (Å²) in [4.78, 5) is 73.7. The Balaban J connectivity index is 0.958. The van der Waals surface area contributed by atoms with E-state index >= 15 is 0 Å². The van der Waals surface area contributed by atoms with Crippen molar-refractivity contribution in [3.8, 4) is 22.6 Å². The molecule has 5 heterocycles. The number of aromatic nitrogens is 4. The highest BCUT2D eigenvalue weighted by Crippen LogP contribution is 2.51. The fourth-order valence-corrected chi connectivity index (χ4v) is 10.7. The highest BCUT2D eigenvalue weighted by atomic mass is 16.5. The summed E-state index contributed by atoms with van der Waals surface area (Å²) in [6, 6.07) is 12.6. The molecule has 4 N–H and O–H groups in total. The fourth-order valence-electron chi connectivity index (χ4n) is 10.7. The summed E-state index contributed by atoms with van der Waals surface area (Å²) < 4.78 is 16.1. The third-order valence-corrected chi connectivity index (χ3v) is 13.8. The third-order valence-electron chi connectivity index (χ3n) is 13.8. The molecule has 3 aromatic heterocycles. The predicted molar refractivity (Wildman–Crippen MR) is 228 cm³/mol. The maximum absolute atomic E-state index is 14.3. The van der Waals surface area contributed by atoms with Crippen molar-refractivity contribution in [2.45, 2.75) is 115 Å². The molecular weight excluding hydrogens is 777 g/mol. The van der Waals surface area contributed by atoms with Gasteiger partial charge in [-0.05, 0) is 104 Å². The number of piperidine rings is 1. The van der Waals surface area contributed by atoms with Gasteiger partial charge < -0.3 is 44.3 Å². The molecule has 0 radical (unpaired) electrons. The zero-order valence-corrected chi connectivity index (χ0v) is 35.7. The summed E-state index contributed by atoms with van der Waals surface area (Å²) in [5.74, 6) is 2.34. The number of imidazole rings is 2. The van der Waals surface area contributed by atoms with E-state index in [0.29, 0.717) is 23.4 Å². The van der Waals surface area contributed by atoms with Crippen LogP contribution in [0.15, 0.2) is 53.1 Å². The number of hydrogen-bond acceptors (Lipinski definition) is 9. The monoisotopic (exact) mass is 832 g/mol. The molecule has 4 fully saturated rings. The topological polar surface area (TPSA) is 188 Å². The molecule has 4 aliphatic rings. The number of rotatable bonds is 10. The van der Waals surface area contributed by atoms with Gasteiger partial charge in [-0.2, -0.15) is 0 Å². The molecule has 0 spiro atoms. The van der Waals surface area contributed by atoms with Crippen LogP contribution in [0.25, 0.3) is 44.6 Å². The number of aromatic amines is 2. The number of furan rings is 1. The first-order valence-electron chi connectivity index (χ1n) is 21.8. The van der Waals surface area contributed by atoms with Crippen molar-refractivity contribution in [2.24, 2.45) is 23.7 Å². The van der Waals surface area contributed by atoms with E-state index in [0.717, 1.165) is 96.0 Å². The summed E-state index contributed by atoms with van der Waals surface area (Å²) in [5, 5.41) is 6.49. The molecule has 5 aromatic rings. The van der Waals surface area contributed by atoms with E-state index in [1.165, 1.54) is 14.2 Å². The van der Waals surface area contributed by atoms with Crippen molar-refractivity contribution in [3.05, 3.63) is 60.3 Å². The number of alkyl carbamates (subject to hydrolysis) is 2. The Morgan fingerprint density at radius 1 is 0.770 bits per heavy atom. The van der Waals surface area contributed by atoms with Gasteiger partial charge in [0.05, 0.1) is 43.5 Å². The molecule has 2 aromatic carbocycles. The normalized spacial score (nSPS) is 24.4. The number of amides is 4. The highest BCUT2D eigenvalue weighted by Gasteiger charge is 2.52. The first kappa shape index (κ1) is 40.5. The van der Waals surface area contributed by atoms with Gasteiger partial charge in [0.1, 0.15) is 35.0 Å². The van der Waals surface area contributed by atoms with Crippen LogP contribution in [0.1, 0.15) is 103 Å². The minimum Gasteiger partial charge on any atom is -0.454 e. The van der Waals surface area contributed by atoms with Gasteiger partial charge >= 0.3 is 12.2 Å². The summed E-state index contributed by atoms with van der Waals surface area (Å²) in [6.07, 6.45) is 8.44. The van der Waals surface area contributed by atoms with E-state index in [-0.39, 0.29) is 47.8 Å². The number of likely N-dealkylation sites (tertiary alicyclic amines) is 2. The second-order valence-corrected chi connectivity index (χ2v) is 18.1. The van der Waals surface area contributed by atoms with E-state index in [9.17, 15) is 19.2 Å². The van der Waals surface area contributed by atoms with Crippen LogP contribution in [0.4, 0.5) is 9.59 Å². The number of carbonyl (C=O) groups excluding carboxylic acids is 4. The number of nitrogens with zero attached hydrogens (tertiary/aromatic N) is 4. The van der Waals surface area contributed by atoms with E-state index in [4.69, 9.17) is 23.9 Å². The largest absolute Gasteiger partial charge is 0.454 e. The Labute approximate surface area is 354 Å². The van der Waals surface area contributed by atoms with Crippen LogP contribution in [0, 0.1) is 23.7 Å². The van der Waals surface area contributed by atoms with Crippen LogP contribution in [0.5, 0.6) is 0 Å². The van der Waals surface area contributed by atoms with Gasteiger partial charge in [0.15, 0.2) is 5.76 Å². The Kier molecular flexibility index (Phi) is 10.8. The van der Waals surface area contributed by atoms with Crippen LogP contribution >= 0.6 is 0 Å².